The van der Waals surface area contributed by atoms with Gasteiger partial charge in [-0.15, -0.1) is 22.7 Å². The number of fused-ring (bicyclic) bond motifs is 1. The van der Waals surface area contributed by atoms with E-state index in [1.165, 1.54) is 28.5 Å². The fourth-order valence-electron chi connectivity index (χ4n) is 3.78. The Morgan fingerprint density at radius 3 is 2.86 bits per heavy atom. The third-order valence-corrected chi connectivity index (χ3v) is 7.20. The second-order valence-electron chi connectivity index (χ2n) is 7.16. The molecule has 1 atom stereocenters. The Bertz CT molecular complexity index is 987. The summed E-state index contributed by atoms with van der Waals surface area (Å²) in [6, 6.07) is 11.3. The molecule has 0 fully saturated rings. The molecule has 0 radical (unpaired) electrons. The maximum absolute atomic E-state index is 14.0. The van der Waals surface area contributed by atoms with Crippen LogP contribution in [0.15, 0.2) is 47.2 Å². The van der Waals surface area contributed by atoms with Gasteiger partial charge in [0.25, 0.3) is 0 Å². The number of carbonyl (C=O) groups excluding carboxylic acids is 1. The van der Waals surface area contributed by atoms with Crippen molar-refractivity contribution < 1.29 is 13.9 Å². The highest BCUT2D eigenvalue weighted by Crippen LogP contribution is 2.39. The minimum atomic E-state index is -0.412. The molecule has 1 unspecified atom stereocenters. The molecule has 0 bridgehead atoms. The van der Waals surface area contributed by atoms with E-state index in [1.54, 1.807) is 46.8 Å². The zero-order valence-corrected chi connectivity index (χ0v) is 18.1. The van der Waals surface area contributed by atoms with Crippen LogP contribution in [0.25, 0.3) is 0 Å². The van der Waals surface area contributed by atoms with Crippen LogP contribution in [0.1, 0.15) is 26.9 Å². The largest absolute Gasteiger partial charge is 0.494 e. The van der Waals surface area contributed by atoms with Crippen molar-refractivity contribution in [3.8, 4) is 5.75 Å². The van der Waals surface area contributed by atoms with Gasteiger partial charge in [0, 0.05) is 29.9 Å². The molecule has 152 valence electrons. The Labute approximate surface area is 178 Å². The Morgan fingerprint density at radius 2 is 2.14 bits per heavy atom. The Balaban J connectivity index is 1.47. The highest BCUT2D eigenvalue weighted by atomic mass is 32.1. The molecule has 3 aromatic rings. The van der Waals surface area contributed by atoms with Gasteiger partial charge in [0.05, 0.1) is 19.7 Å². The smallest absolute Gasteiger partial charge is 0.236 e. The minimum Gasteiger partial charge on any atom is -0.494 e. The van der Waals surface area contributed by atoms with Gasteiger partial charge in [-0.25, -0.2) is 4.39 Å². The average molecular weight is 431 g/mol. The summed E-state index contributed by atoms with van der Waals surface area (Å²) in [5, 5.41) is 4.22. The van der Waals surface area contributed by atoms with Gasteiger partial charge in [-0.2, -0.15) is 0 Å². The molecule has 4 nitrogen and oxygen atoms in total. The average Bonchev–Trinajstić information content (AvgIpc) is 3.40. The molecule has 0 saturated heterocycles. The first-order chi connectivity index (χ1) is 14.1. The quantitative estimate of drug-likeness (QED) is 0.575. The van der Waals surface area contributed by atoms with Crippen molar-refractivity contribution in [3.63, 3.8) is 0 Å². The SMILES string of the molecule is COc1ccc(CN(C)C(=O)CN2CCc3sccc3C2c2cccs2)cc1F. The standard InChI is InChI=1S/C22H23FN2O2S2/c1-24(13-15-5-6-18(27-2)17(23)12-15)21(26)14-25-9-7-19-16(8-11-29-19)22(25)20-4-3-10-28-20/h3-6,8,10-12,22H,7,9,13-14H2,1-2H3. The number of amides is 1. The summed E-state index contributed by atoms with van der Waals surface area (Å²) in [7, 11) is 3.21. The van der Waals surface area contributed by atoms with E-state index in [1.807, 2.05) is 0 Å². The number of thiophene rings is 2. The van der Waals surface area contributed by atoms with Crippen molar-refractivity contribution in [1.29, 1.82) is 0 Å². The van der Waals surface area contributed by atoms with E-state index in [0.29, 0.717) is 13.1 Å². The summed E-state index contributed by atoms with van der Waals surface area (Å²) >= 11 is 3.52. The molecule has 3 heterocycles. The molecule has 0 saturated carbocycles. The van der Waals surface area contributed by atoms with Crippen LogP contribution in [0.5, 0.6) is 5.75 Å². The lowest BCUT2D eigenvalue weighted by atomic mass is 9.98. The van der Waals surface area contributed by atoms with Crippen LogP contribution in [0.2, 0.25) is 0 Å². The Kier molecular flexibility index (Phi) is 5.99. The summed E-state index contributed by atoms with van der Waals surface area (Å²) in [6.45, 7) is 1.56. The molecule has 1 aliphatic heterocycles. The molecule has 4 rings (SSSR count). The highest BCUT2D eigenvalue weighted by molar-refractivity contribution is 7.10. The molecule has 1 aromatic carbocycles. The number of ether oxygens (including phenoxy) is 1. The first-order valence-electron chi connectivity index (χ1n) is 9.47. The van der Waals surface area contributed by atoms with E-state index in [-0.39, 0.29) is 17.7 Å². The van der Waals surface area contributed by atoms with Crippen LogP contribution in [-0.2, 0) is 17.8 Å². The van der Waals surface area contributed by atoms with Gasteiger partial charge in [0.2, 0.25) is 5.91 Å². The molecular weight excluding hydrogens is 407 g/mol. The van der Waals surface area contributed by atoms with Crippen molar-refractivity contribution in [1.82, 2.24) is 9.80 Å². The van der Waals surface area contributed by atoms with Crippen molar-refractivity contribution >= 4 is 28.6 Å². The fourth-order valence-corrected chi connectivity index (χ4v) is 5.56. The van der Waals surface area contributed by atoms with E-state index in [0.717, 1.165) is 18.5 Å². The number of hydrogen-bond acceptors (Lipinski definition) is 5. The van der Waals surface area contributed by atoms with Crippen molar-refractivity contribution in [3.05, 3.63) is 73.9 Å². The molecule has 0 aliphatic carbocycles. The number of nitrogens with zero attached hydrogens (tertiary/aromatic N) is 2. The molecule has 0 N–H and O–H groups in total. The number of carbonyl (C=O) groups is 1. The van der Waals surface area contributed by atoms with Gasteiger partial charge in [-0.1, -0.05) is 12.1 Å². The second-order valence-corrected chi connectivity index (χ2v) is 9.14. The molecule has 1 aliphatic rings. The monoisotopic (exact) mass is 430 g/mol. The summed E-state index contributed by atoms with van der Waals surface area (Å²) in [5.41, 5.74) is 2.06. The molecule has 29 heavy (non-hydrogen) atoms. The Hall–Kier alpha value is -2.22. The summed E-state index contributed by atoms with van der Waals surface area (Å²) in [6.07, 6.45) is 0.968. The van der Waals surface area contributed by atoms with E-state index in [2.05, 4.69) is 33.9 Å². The van der Waals surface area contributed by atoms with Crippen LogP contribution in [-0.4, -0.2) is 43.0 Å². The zero-order chi connectivity index (χ0) is 20.4. The van der Waals surface area contributed by atoms with E-state index < -0.39 is 5.82 Å². The van der Waals surface area contributed by atoms with Crippen molar-refractivity contribution in [2.75, 3.05) is 27.2 Å². The van der Waals surface area contributed by atoms with Crippen molar-refractivity contribution in [2.24, 2.45) is 0 Å². The summed E-state index contributed by atoms with van der Waals surface area (Å²) in [4.78, 5) is 19.6. The lowest BCUT2D eigenvalue weighted by Crippen LogP contribution is -2.42. The number of rotatable bonds is 6. The lowest BCUT2D eigenvalue weighted by molar-refractivity contribution is -0.132. The van der Waals surface area contributed by atoms with Crippen molar-refractivity contribution in [2.45, 2.75) is 19.0 Å². The summed E-state index contributed by atoms with van der Waals surface area (Å²) < 4.78 is 18.9. The van der Waals surface area contributed by atoms with Crippen LogP contribution in [0, 0.1) is 5.82 Å². The highest BCUT2D eigenvalue weighted by Gasteiger charge is 2.32. The lowest BCUT2D eigenvalue weighted by Gasteiger charge is -2.35. The van der Waals surface area contributed by atoms with Gasteiger partial charge in [-0.05, 0) is 52.6 Å². The van der Waals surface area contributed by atoms with E-state index >= 15 is 0 Å². The number of halogens is 1. The second kappa shape index (κ2) is 8.65. The maximum Gasteiger partial charge on any atom is 0.236 e. The van der Waals surface area contributed by atoms with Crippen LogP contribution in [0.4, 0.5) is 4.39 Å². The van der Waals surface area contributed by atoms with Crippen LogP contribution < -0.4 is 4.74 Å². The molecule has 1 amide bonds. The van der Waals surface area contributed by atoms with E-state index in [9.17, 15) is 9.18 Å². The minimum absolute atomic E-state index is 0.0291. The number of hydrogen-bond donors (Lipinski definition) is 0. The first-order valence-corrected chi connectivity index (χ1v) is 11.2. The fraction of sp³-hybridized carbons (Fsp3) is 0.318. The summed E-state index contributed by atoms with van der Waals surface area (Å²) in [5.74, 6) is -0.174. The third-order valence-electron chi connectivity index (χ3n) is 5.28. The van der Waals surface area contributed by atoms with Gasteiger partial charge >= 0.3 is 0 Å². The predicted molar refractivity (Wildman–Crippen MR) is 115 cm³/mol. The molecule has 2 aromatic heterocycles. The zero-order valence-electron chi connectivity index (χ0n) is 16.4. The van der Waals surface area contributed by atoms with Gasteiger partial charge in [0.1, 0.15) is 0 Å². The van der Waals surface area contributed by atoms with Gasteiger partial charge in [-0.3, -0.25) is 9.69 Å². The number of methoxy groups -OCH3 is 1. The number of benzene rings is 1. The normalized spacial score (nSPS) is 16.4. The third kappa shape index (κ3) is 4.22. The molecule has 0 spiro atoms. The van der Waals surface area contributed by atoms with E-state index in [4.69, 9.17) is 4.74 Å². The van der Waals surface area contributed by atoms with Crippen LogP contribution >= 0.6 is 22.7 Å². The van der Waals surface area contributed by atoms with Gasteiger partial charge < -0.3 is 9.64 Å². The molecule has 7 heteroatoms. The van der Waals surface area contributed by atoms with Gasteiger partial charge in [0.15, 0.2) is 11.6 Å². The van der Waals surface area contributed by atoms with Crippen LogP contribution in [0.3, 0.4) is 0 Å². The maximum atomic E-state index is 14.0. The topological polar surface area (TPSA) is 32.8 Å². The number of likely N-dealkylation sites (N-methyl/N-ethyl adjacent to an activating group) is 1. The Morgan fingerprint density at radius 1 is 1.28 bits per heavy atom. The molecular formula is C22H23FN2O2S2. The predicted octanol–water partition coefficient (Wildman–Crippen LogP) is 4.56. The first kappa shape index (κ1) is 20.1.